The molecular weight excluding hydrogens is 237 g/mol. The van der Waals surface area contributed by atoms with Crippen LogP contribution in [0.2, 0.25) is 0 Å². The lowest BCUT2D eigenvalue weighted by atomic mass is 10.1. The summed E-state index contributed by atoms with van der Waals surface area (Å²) < 4.78 is 44.5. The third kappa shape index (κ3) is 4.34. The molecule has 0 fully saturated rings. The van der Waals surface area contributed by atoms with Gasteiger partial charge in [0, 0.05) is 5.56 Å². The van der Waals surface area contributed by atoms with Crippen LogP contribution in [0.25, 0.3) is 0 Å². The zero-order valence-corrected chi connectivity index (χ0v) is 9.30. The average Bonchev–Trinajstić information content (AvgIpc) is 2.20. The van der Waals surface area contributed by atoms with Gasteiger partial charge < -0.3 is 9.47 Å². The molecule has 0 aromatic heterocycles. The molecule has 1 rings (SSSR count). The van der Waals surface area contributed by atoms with Gasteiger partial charge in [-0.1, -0.05) is 17.7 Å². The predicted octanol–water partition coefficient (Wildman–Crippen LogP) is 2.61. The SMILES string of the molecule is COC(=O)Cc1cc(C)ccc1OC(F)(F)F. The smallest absolute Gasteiger partial charge is 0.469 e. The molecule has 0 aliphatic carbocycles. The molecule has 0 aliphatic heterocycles. The normalized spacial score (nSPS) is 11.1. The lowest BCUT2D eigenvalue weighted by molar-refractivity contribution is -0.274. The quantitative estimate of drug-likeness (QED) is 0.771. The van der Waals surface area contributed by atoms with Crippen LogP contribution >= 0.6 is 0 Å². The zero-order valence-electron chi connectivity index (χ0n) is 9.30. The molecule has 0 saturated carbocycles. The summed E-state index contributed by atoms with van der Waals surface area (Å²) >= 11 is 0. The summed E-state index contributed by atoms with van der Waals surface area (Å²) in [5.74, 6) is -1.00. The van der Waals surface area contributed by atoms with Gasteiger partial charge in [-0.25, -0.2) is 0 Å². The lowest BCUT2D eigenvalue weighted by Crippen LogP contribution is -2.19. The van der Waals surface area contributed by atoms with Crippen molar-refractivity contribution in [1.82, 2.24) is 0 Å². The molecule has 0 unspecified atom stereocenters. The Balaban J connectivity index is 2.99. The van der Waals surface area contributed by atoms with E-state index in [0.717, 1.165) is 5.56 Å². The highest BCUT2D eigenvalue weighted by Crippen LogP contribution is 2.27. The molecule has 1 aromatic carbocycles. The van der Waals surface area contributed by atoms with E-state index in [9.17, 15) is 18.0 Å². The van der Waals surface area contributed by atoms with Gasteiger partial charge in [-0.05, 0) is 13.0 Å². The molecule has 1 aromatic rings. The van der Waals surface area contributed by atoms with Crippen molar-refractivity contribution in [3.05, 3.63) is 29.3 Å². The number of methoxy groups -OCH3 is 1. The highest BCUT2D eigenvalue weighted by molar-refractivity contribution is 5.73. The summed E-state index contributed by atoms with van der Waals surface area (Å²) in [6.07, 6.45) is -5.04. The number of rotatable bonds is 3. The summed E-state index contributed by atoms with van der Waals surface area (Å²) in [6.45, 7) is 1.71. The monoisotopic (exact) mass is 248 g/mol. The van der Waals surface area contributed by atoms with Crippen LogP contribution in [0.15, 0.2) is 18.2 Å². The number of alkyl halides is 3. The van der Waals surface area contributed by atoms with Crippen LogP contribution in [0.4, 0.5) is 13.2 Å². The van der Waals surface area contributed by atoms with Gasteiger partial charge in [0.15, 0.2) is 0 Å². The molecule has 94 valence electrons. The number of hydrogen-bond donors (Lipinski definition) is 0. The van der Waals surface area contributed by atoms with Gasteiger partial charge in [0.2, 0.25) is 0 Å². The van der Waals surface area contributed by atoms with Gasteiger partial charge in [-0.3, -0.25) is 4.79 Å². The second-order valence-electron chi connectivity index (χ2n) is 3.41. The number of aryl methyl sites for hydroxylation is 1. The van der Waals surface area contributed by atoms with E-state index in [4.69, 9.17) is 0 Å². The van der Waals surface area contributed by atoms with Crippen molar-refractivity contribution >= 4 is 5.97 Å². The van der Waals surface area contributed by atoms with Gasteiger partial charge in [0.05, 0.1) is 13.5 Å². The zero-order chi connectivity index (χ0) is 13.1. The molecule has 0 bridgehead atoms. The van der Waals surface area contributed by atoms with Gasteiger partial charge in [0.1, 0.15) is 5.75 Å². The van der Waals surface area contributed by atoms with E-state index >= 15 is 0 Å². The Labute approximate surface area is 96.1 Å². The summed E-state index contributed by atoms with van der Waals surface area (Å²) in [5.41, 5.74) is 0.882. The third-order valence-corrected chi connectivity index (χ3v) is 2.00. The first kappa shape index (κ1) is 13.3. The number of ether oxygens (including phenoxy) is 2. The first-order valence-electron chi connectivity index (χ1n) is 4.74. The fourth-order valence-corrected chi connectivity index (χ4v) is 1.30. The Hall–Kier alpha value is -1.72. The van der Waals surface area contributed by atoms with Crippen molar-refractivity contribution < 1.29 is 27.4 Å². The predicted molar refractivity (Wildman–Crippen MR) is 53.6 cm³/mol. The highest BCUT2D eigenvalue weighted by Gasteiger charge is 2.32. The van der Waals surface area contributed by atoms with Crippen LogP contribution in [0.5, 0.6) is 5.75 Å². The fourth-order valence-electron chi connectivity index (χ4n) is 1.30. The molecule has 0 aliphatic rings. The minimum Gasteiger partial charge on any atom is -0.469 e. The highest BCUT2D eigenvalue weighted by atomic mass is 19.4. The number of hydrogen-bond acceptors (Lipinski definition) is 3. The van der Waals surface area contributed by atoms with Crippen molar-refractivity contribution in [2.75, 3.05) is 7.11 Å². The Morgan fingerprint density at radius 1 is 1.35 bits per heavy atom. The molecule has 3 nitrogen and oxygen atoms in total. The van der Waals surface area contributed by atoms with E-state index in [1.54, 1.807) is 6.92 Å². The van der Waals surface area contributed by atoms with E-state index < -0.39 is 12.3 Å². The van der Waals surface area contributed by atoms with Crippen LogP contribution < -0.4 is 4.74 Å². The van der Waals surface area contributed by atoms with Gasteiger partial charge in [-0.15, -0.1) is 13.2 Å². The largest absolute Gasteiger partial charge is 0.573 e. The molecular formula is C11H11F3O3. The summed E-state index contributed by atoms with van der Waals surface area (Å²) in [4.78, 5) is 11.1. The molecule has 0 saturated heterocycles. The number of benzene rings is 1. The number of carbonyl (C=O) groups is 1. The van der Waals surface area contributed by atoms with Crippen LogP contribution in [0.3, 0.4) is 0 Å². The topological polar surface area (TPSA) is 35.5 Å². The fraction of sp³-hybridized carbons (Fsp3) is 0.364. The second-order valence-corrected chi connectivity index (χ2v) is 3.41. The van der Waals surface area contributed by atoms with Crippen LogP contribution in [0.1, 0.15) is 11.1 Å². The maximum absolute atomic E-state index is 12.1. The first-order valence-corrected chi connectivity index (χ1v) is 4.74. The standard InChI is InChI=1S/C11H11F3O3/c1-7-3-4-9(17-11(12,13)14)8(5-7)6-10(15)16-2/h3-5H,6H2,1-2H3. The van der Waals surface area contributed by atoms with Gasteiger partial charge >= 0.3 is 12.3 Å². The van der Waals surface area contributed by atoms with E-state index in [1.807, 2.05) is 0 Å². The summed E-state index contributed by atoms with van der Waals surface area (Å²) in [5, 5.41) is 0. The average molecular weight is 248 g/mol. The lowest BCUT2D eigenvalue weighted by Gasteiger charge is -2.13. The number of esters is 1. The van der Waals surface area contributed by atoms with Crippen LogP contribution in [-0.4, -0.2) is 19.4 Å². The van der Waals surface area contributed by atoms with Crippen molar-refractivity contribution in [1.29, 1.82) is 0 Å². The summed E-state index contributed by atoms with van der Waals surface area (Å²) in [6, 6.07) is 4.11. The first-order chi connectivity index (χ1) is 7.81. The second kappa shape index (κ2) is 5.07. The minimum absolute atomic E-state index is 0.147. The molecule has 0 N–H and O–H groups in total. The number of carbonyl (C=O) groups excluding carboxylic acids is 1. The maximum atomic E-state index is 12.1. The Bertz CT molecular complexity index is 413. The van der Waals surface area contributed by atoms with E-state index in [0.29, 0.717) is 0 Å². The summed E-state index contributed by atoms with van der Waals surface area (Å²) in [7, 11) is 1.17. The molecule has 0 radical (unpaired) electrons. The van der Waals surface area contributed by atoms with Crippen molar-refractivity contribution in [2.24, 2.45) is 0 Å². The Kier molecular flexibility index (Phi) is 3.98. The molecule has 6 heteroatoms. The van der Waals surface area contributed by atoms with Crippen molar-refractivity contribution in [2.45, 2.75) is 19.7 Å². The van der Waals surface area contributed by atoms with E-state index in [-0.39, 0.29) is 17.7 Å². The van der Waals surface area contributed by atoms with Gasteiger partial charge in [0.25, 0.3) is 0 Å². The molecule has 0 heterocycles. The van der Waals surface area contributed by atoms with Gasteiger partial charge in [-0.2, -0.15) is 0 Å². The van der Waals surface area contributed by atoms with Crippen molar-refractivity contribution in [3.63, 3.8) is 0 Å². The maximum Gasteiger partial charge on any atom is 0.573 e. The van der Waals surface area contributed by atoms with E-state index in [2.05, 4.69) is 9.47 Å². The molecule has 0 amide bonds. The molecule has 0 atom stereocenters. The third-order valence-electron chi connectivity index (χ3n) is 2.00. The Morgan fingerprint density at radius 3 is 2.53 bits per heavy atom. The van der Waals surface area contributed by atoms with E-state index in [1.165, 1.54) is 25.3 Å². The minimum atomic E-state index is -4.78. The van der Waals surface area contributed by atoms with Crippen LogP contribution in [-0.2, 0) is 16.0 Å². The molecule has 17 heavy (non-hydrogen) atoms. The Morgan fingerprint density at radius 2 is 2.00 bits per heavy atom. The number of halogens is 3. The van der Waals surface area contributed by atoms with Crippen LogP contribution in [0, 0.1) is 6.92 Å². The molecule has 0 spiro atoms. The van der Waals surface area contributed by atoms with Crippen molar-refractivity contribution in [3.8, 4) is 5.75 Å².